The van der Waals surface area contributed by atoms with Crippen LogP contribution in [0.4, 0.5) is 10.2 Å². The van der Waals surface area contributed by atoms with Crippen molar-refractivity contribution in [3.63, 3.8) is 0 Å². The second-order valence-electron chi connectivity index (χ2n) is 4.48. The molecule has 5 nitrogen and oxygen atoms in total. The zero-order chi connectivity index (χ0) is 13.2. The van der Waals surface area contributed by atoms with Crippen molar-refractivity contribution in [2.24, 2.45) is 0 Å². The summed E-state index contributed by atoms with van der Waals surface area (Å²) in [6.45, 7) is 1.14. The Balaban J connectivity index is 2.10. The molecule has 2 heterocycles. The minimum atomic E-state index is -3.23. The van der Waals surface area contributed by atoms with Gasteiger partial charge in [0.25, 0.3) is 0 Å². The van der Waals surface area contributed by atoms with Gasteiger partial charge in [0, 0.05) is 25.3 Å². The van der Waals surface area contributed by atoms with Gasteiger partial charge in [-0.2, -0.15) is 0 Å². The molecule has 0 spiro atoms. The second-order valence-corrected chi connectivity index (χ2v) is 6.26. The fourth-order valence-corrected chi connectivity index (χ4v) is 2.98. The molecule has 1 saturated heterocycles. The van der Waals surface area contributed by atoms with Gasteiger partial charge in [-0.3, -0.25) is 0 Å². The SMILES string of the molecule is CS(=O)(=O)N[C@@H]1CCCN(c2ncccc2F)C1. The van der Waals surface area contributed by atoms with Crippen LogP contribution in [0.3, 0.4) is 0 Å². The zero-order valence-corrected chi connectivity index (χ0v) is 11.0. The van der Waals surface area contributed by atoms with Crippen LogP contribution in [0.15, 0.2) is 18.3 Å². The van der Waals surface area contributed by atoms with Crippen LogP contribution >= 0.6 is 0 Å². The monoisotopic (exact) mass is 273 g/mol. The third kappa shape index (κ3) is 3.39. The number of hydrogen-bond donors (Lipinski definition) is 1. The van der Waals surface area contributed by atoms with E-state index in [9.17, 15) is 12.8 Å². The van der Waals surface area contributed by atoms with E-state index in [1.165, 1.54) is 18.3 Å². The summed E-state index contributed by atoms with van der Waals surface area (Å²) >= 11 is 0. The summed E-state index contributed by atoms with van der Waals surface area (Å²) in [4.78, 5) is 5.79. The van der Waals surface area contributed by atoms with E-state index in [0.29, 0.717) is 13.1 Å². The van der Waals surface area contributed by atoms with Gasteiger partial charge in [-0.15, -0.1) is 0 Å². The van der Waals surface area contributed by atoms with E-state index >= 15 is 0 Å². The molecule has 1 atom stereocenters. The highest BCUT2D eigenvalue weighted by molar-refractivity contribution is 7.88. The van der Waals surface area contributed by atoms with Gasteiger partial charge in [0.15, 0.2) is 11.6 Å². The Bertz CT molecular complexity index is 521. The number of aromatic nitrogens is 1. The van der Waals surface area contributed by atoms with E-state index in [4.69, 9.17) is 0 Å². The summed E-state index contributed by atoms with van der Waals surface area (Å²) in [5.41, 5.74) is 0. The molecule has 1 aliphatic heterocycles. The minimum Gasteiger partial charge on any atom is -0.353 e. The van der Waals surface area contributed by atoms with Gasteiger partial charge in [-0.25, -0.2) is 22.5 Å². The molecule has 1 aromatic rings. The Morgan fingerprint density at radius 2 is 2.33 bits per heavy atom. The molecule has 1 aromatic heterocycles. The molecule has 0 aromatic carbocycles. The maximum absolute atomic E-state index is 13.6. The van der Waals surface area contributed by atoms with E-state index in [1.54, 1.807) is 4.90 Å². The lowest BCUT2D eigenvalue weighted by Crippen LogP contribution is -2.47. The topological polar surface area (TPSA) is 62.3 Å². The largest absolute Gasteiger partial charge is 0.353 e. The quantitative estimate of drug-likeness (QED) is 0.882. The number of piperidine rings is 1. The standard InChI is InChI=1S/C11H16FN3O2S/c1-18(16,17)14-9-4-3-7-15(8-9)11-10(12)5-2-6-13-11/h2,5-6,9,14H,3-4,7-8H2,1H3/t9-/m1/s1. The van der Waals surface area contributed by atoms with E-state index in [-0.39, 0.29) is 17.7 Å². The summed E-state index contributed by atoms with van der Waals surface area (Å²) in [6.07, 6.45) is 4.24. The lowest BCUT2D eigenvalue weighted by Gasteiger charge is -2.33. The molecule has 0 unspecified atom stereocenters. The molecule has 0 bridgehead atoms. The van der Waals surface area contributed by atoms with Crippen molar-refractivity contribution in [1.82, 2.24) is 9.71 Å². The van der Waals surface area contributed by atoms with Crippen molar-refractivity contribution >= 4 is 15.8 Å². The van der Waals surface area contributed by atoms with E-state index in [2.05, 4.69) is 9.71 Å². The average molecular weight is 273 g/mol. The fourth-order valence-electron chi connectivity index (χ4n) is 2.18. The van der Waals surface area contributed by atoms with Crippen LogP contribution < -0.4 is 9.62 Å². The number of rotatable bonds is 3. The number of sulfonamides is 1. The molecule has 7 heteroatoms. The van der Waals surface area contributed by atoms with Gasteiger partial charge < -0.3 is 4.90 Å². The number of hydrogen-bond acceptors (Lipinski definition) is 4. The number of nitrogens with zero attached hydrogens (tertiary/aromatic N) is 2. The summed E-state index contributed by atoms with van der Waals surface area (Å²) in [5.74, 6) is -0.0880. The van der Waals surface area contributed by atoms with Gasteiger partial charge in [-0.1, -0.05) is 0 Å². The summed E-state index contributed by atoms with van der Waals surface area (Å²) < 4.78 is 38.5. The number of pyridine rings is 1. The molecule has 2 rings (SSSR count). The van der Waals surface area contributed by atoms with E-state index < -0.39 is 10.0 Å². The number of halogens is 1. The first-order valence-electron chi connectivity index (χ1n) is 5.78. The molecule has 0 radical (unpaired) electrons. The van der Waals surface area contributed by atoms with Crippen molar-refractivity contribution in [1.29, 1.82) is 0 Å². The molecule has 0 amide bonds. The Hall–Kier alpha value is -1.21. The third-order valence-corrected chi connectivity index (χ3v) is 3.60. The first kappa shape index (κ1) is 13.2. The summed E-state index contributed by atoms with van der Waals surface area (Å²) in [7, 11) is -3.23. The van der Waals surface area contributed by atoms with Crippen molar-refractivity contribution in [3.8, 4) is 0 Å². The molecular weight excluding hydrogens is 257 g/mol. The van der Waals surface area contributed by atoms with Crippen molar-refractivity contribution < 1.29 is 12.8 Å². The van der Waals surface area contributed by atoms with Crippen molar-refractivity contribution in [3.05, 3.63) is 24.1 Å². The van der Waals surface area contributed by atoms with Crippen molar-refractivity contribution in [2.75, 3.05) is 24.2 Å². The Kier molecular flexibility index (Phi) is 3.82. The predicted octanol–water partition coefficient (Wildman–Crippen LogP) is 0.739. The molecular formula is C11H16FN3O2S. The number of anilines is 1. The van der Waals surface area contributed by atoms with Crippen LogP contribution in [-0.2, 0) is 10.0 Å². The maximum atomic E-state index is 13.6. The zero-order valence-electron chi connectivity index (χ0n) is 10.1. The summed E-state index contributed by atoms with van der Waals surface area (Å²) in [6, 6.07) is 2.71. The van der Waals surface area contributed by atoms with Crippen LogP contribution in [0.2, 0.25) is 0 Å². The van der Waals surface area contributed by atoms with Crippen LogP contribution in [-0.4, -0.2) is 38.8 Å². The first-order chi connectivity index (χ1) is 8.46. The molecule has 18 heavy (non-hydrogen) atoms. The predicted molar refractivity (Wildman–Crippen MR) is 67.4 cm³/mol. The second kappa shape index (κ2) is 5.19. The van der Waals surface area contributed by atoms with E-state index in [0.717, 1.165) is 19.1 Å². The van der Waals surface area contributed by atoms with E-state index in [1.807, 2.05) is 0 Å². The lowest BCUT2D eigenvalue weighted by atomic mass is 10.1. The maximum Gasteiger partial charge on any atom is 0.209 e. The van der Waals surface area contributed by atoms with Crippen molar-refractivity contribution in [2.45, 2.75) is 18.9 Å². The van der Waals surface area contributed by atoms with Gasteiger partial charge in [0.05, 0.1) is 6.26 Å². The van der Waals surface area contributed by atoms with Crippen LogP contribution in [0.25, 0.3) is 0 Å². The molecule has 0 aliphatic carbocycles. The highest BCUT2D eigenvalue weighted by Crippen LogP contribution is 2.20. The van der Waals surface area contributed by atoms with Gasteiger partial charge >= 0.3 is 0 Å². The van der Waals surface area contributed by atoms with Gasteiger partial charge in [0.1, 0.15) is 0 Å². The first-order valence-corrected chi connectivity index (χ1v) is 7.67. The fraction of sp³-hybridized carbons (Fsp3) is 0.545. The minimum absolute atomic E-state index is 0.185. The molecule has 1 fully saturated rings. The Morgan fingerprint density at radius 1 is 1.56 bits per heavy atom. The van der Waals surface area contributed by atoms with Crippen LogP contribution in [0.1, 0.15) is 12.8 Å². The number of nitrogens with one attached hydrogen (secondary N) is 1. The smallest absolute Gasteiger partial charge is 0.209 e. The lowest BCUT2D eigenvalue weighted by molar-refractivity contribution is 0.460. The van der Waals surface area contributed by atoms with Gasteiger partial charge in [-0.05, 0) is 25.0 Å². The third-order valence-electron chi connectivity index (χ3n) is 2.84. The van der Waals surface area contributed by atoms with Crippen LogP contribution in [0, 0.1) is 5.82 Å². The highest BCUT2D eigenvalue weighted by atomic mass is 32.2. The Labute approximate surface area is 106 Å². The average Bonchev–Trinajstić information content (AvgIpc) is 2.27. The summed E-state index contributed by atoms with van der Waals surface area (Å²) in [5, 5.41) is 0. The normalized spacial score (nSPS) is 21.0. The molecule has 1 N–H and O–H groups in total. The highest BCUT2D eigenvalue weighted by Gasteiger charge is 2.24. The van der Waals surface area contributed by atoms with Crippen LogP contribution in [0.5, 0.6) is 0 Å². The Morgan fingerprint density at radius 3 is 3.00 bits per heavy atom. The molecule has 100 valence electrons. The molecule has 0 saturated carbocycles. The molecule has 1 aliphatic rings. The van der Waals surface area contributed by atoms with Gasteiger partial charge in [0.2, 0.25) is 10.0 Å².